The van der Waals surface area contributed by atoms with Crippen molar-refractivity contribution in [2.75, 3.05) is 47.6 Å². The zero-order valence-corrected chi connectivity index (χ0v) is 16.5. The molecule has 0 aromatic heterocycles. The van der Waals surface area contributed by atoms with E-state index in [2.05, 4.69) is 5.32 Å². The molecule has 0 aliphatic carbocycles. The minimum atomic E-state index is -4.00. The molecule has 1 heterocycles. The first-order valence-corrected chi connectivity index (χ1v) is 9.91. The molecule has 1 saturated heterocycles. The SMILES string of the molecule is COCCNC(=O)C1(F)CCCN(S(=O)(=O)c2ccc(OC)c(OC)c2)C1. The van der Waals surface area contributed by atoms with Gasteiger partial charge in [0.05, 0.1) is 32.3 Å². The Kier molecular flexibility index (Phi) is 7.01. The summed E-state index contributed by atoms with van der Waals surface area (Å²) in [5, 5.41) is 2.44. The lowest BCUT2D eigenvalue weighted by Gasteiger charge is -2.35. The standard InChI is InChI=1S/C17H25FN2O6S/c1-24-10-8-19-16(21)17(18)7-4-9-20(12-17)27(22,23)13-5-6-14(25-2)15(11-13)26-3/h5-6,11H,4,7-10,12H2,1-3H3,(H,19,21). The van der Waals surface area contributed by atoms with E-state index in [1.807, 2.05) is 0 Å². The van der Waals surface area contributed by atoms with Crippen LogP contribution in [0.15, 0.2) is 23.1 Å². The fraction of sp³-hybridized carbons (Fsp3) is 0.588. The Morgan fingerprint density at radius 1 is 1.26 bits per heavy atom. The maximum absolute atomic E-state index is 15.2. The summed E-state index contributed by atoms with van der Waals surface area (Å²) in [6.45, 7) is -0.00486. The first-order chi connectivity index (χ1) is 12.8. The third-order valence-corrected chi connectivity index (χ3v) is 6.24. The Labute approximate surface area is 158 Å². The van der Waals surface area contributed by atoms with Crippen LogP contribution in [-0.4, -0.2) is 71.9 Å². The number of ether oxygens (including phenoxy) is 3. The average Bonchev–Trinajstić information content (AvgIpc) is 2.67. The van der Waals surface area contributed by atoms with Crippen LogP contribution in [0.1, 0.15) is 12.8 Å². The number of methoxy groups -OCH3 is 3. The van der Waals surface area contributed by atoms with Gasteiger partial charge in [0.2, 0.25) is 15.7 Å². The maximum atomic E-state index is 15.2. The highest BCUT2D eigenvalue weighted by Gasteiger charge is 2.46. The van der Waals surface area contributed by atoms with Gasteiger partial charge in [-0.2, -0.15) is 4.31 Å². The number of rotatable bonds is 8. The number of amides is 1. The van der Waals surface area contributed by atoms with Crippen LogP contribution in [0, 0.1) is 0 Å². The average molecular weight is 404 g/mol. The van der Waals surface area contributed by atoms with Crippen molar-refractivity contribution in [2.45, 2.75) is 23.4 Å². The van der Waals surface area contributed by atoms with Gasteiger partial charge in [-0.3, -0.25) is 4.79 Å². The molecular weight excluding hydrogens is 379 g/mol. The lowest BCUT2D eigenvalue weighted by Crippen LogP contribution is -2.55. The lowest BCUT2D eigenvalue weighted by molar-refractivity contribution is -0.135. The van der Waals surface area contributed by atoms with Crippen molar-refractivity contribution in [2.24, 2.45) is 0 Å². The number of hydrogen-bond acceptors (Lipinski definition) is 6. The molecule has 1 aliphatic rings. The first-order valence-electron chi connectivity index (χ1n) is 8.47. The van der Waals surface area contributed by atoms with Crippen LogP contribution in [-0.2, 0) is 19.6 Å². The maximum Gasteiger partial charge on any atom is 0.259 e. The Balaban J connectivity index is 2.22. The van der Waals surface area contributed by atoms with Crippen LogP contribution < -0.4 is 14.8 Å². The van der Waals surface area contributed by atoms with Crippen LogP contribution >= 0.6 is 0 Å². The highest BCUT2D eigenvalue weighted by atomic mass is 32.2. The van der Waals surface area contributed by atoms with Crippen molar-refractivity contribution < 1.29 is 31.8 Å². The van der Waals surface area contributed by atoms with E-state index in [9.17, 15) is 13.2 Å². The first kappa shape index (κ1) is 21.4. The Bertz CT molecular complexity index is 773. The molecule has 0 saturated carbocycles. The van der Waals surface area contributed by atoms with Gasteiger partial charge in [-0.25, -0.2) is 12.8 Å². The van der Waals surface area contributed by atoms with E-state index >= 15 is 4.39 Å². The van der Waals surface area contributed by atoms with Gasteiger partial charge in [-0.15, -0.1) is 0 Å². The van der Waals surface area contributed by atoms with E-state index in [1.54, 1.807) is 0 Å². The molecule has 1 atom stereocenters. The molecule has 0 bridgehead atoms. The summed E-state index contributed by atoms with van der Waals surface area (Å²) in [7, 11) is 0.307. The quantitative estimate of drug-likeness (QED) is 0.649. The zero-order valence-electron chi connectivity index (χ0n) is 15.7. The number of piperidine rings is 1. The molecule has 1 N–H and O–H groups in total. The second-order valence-corrected chi connectivity index (χ2v) is 8.11. The minimum Gasteiger partial charge on any atom is -0.493 e. The van der Waals surface area contributed by atoms with Crippen molar-refractivity contribution in [3.8, 4) is 11.5 Å². The number of hydrogen-bond donors (Lipinski definition) is 1. The van der Waals surface area contributed by atoms with Gasteiger partial charge in [0.1, 0.15) is 0 Å². The molecule has 0 spiro atoms. The molecular formula is C17H25FN2O6S. The second kappa shape index (κ2) is 8.85. The summed E-state index contributed by atoms with van der Waals surface area (Å²) in [5.41, 5.74) is -2.28. The van der Waals surface area contributed by atoms with Crippen molar-refractivity contribution in [3.63, 3.8) is 0 Å². The summed E-state index contributed by atoms with van der Waals surface area (Å²) in [5.74, 6) is -0.196. The number of alkyl halides is 1. The third kappa shape index (κ3) is 4.69. The van der Waals surface area contributed by atoms with E-state index in [0.29, 0.717) is 5.75 Å². The van der Waals surface area contributed by atoms with Crippen molar-refractivity contribution in [1.29, 1.82) is 0 Å². The Morgan fingerprint density at radius 2 is 1.96 bits per heavy atom. The summed E-state index contributed by atoms with van der Waals surface area (Å²) < 4.78 is 57.1. The molecule has 152 valence electrons. The van der Waals surface area contributed by atoms with Crippen molar-refractivity contribution in [3.05, 3.63) is 18.2 Å². The summed E-state index contributed by atoms with van der Waals surface area (Å²) in [6, 6.07) is 4.15. The Hall–Kier alpha value is -1.91. The molecule has 1 amide bonds. The van der Waals surface area contributed by atoms with E-state index in [-0.39, 0.29) is 43.2 Å². The fourth-order valence-electron chi connectivity index (χ4n) is 2.91. The van der Waals surface area contributed by atoms with Gasteiger partial charge < -0.3 is 19.5 Å². The molecule has 0 radical (unpaired) electrons. The predicted octanol–water partition coefficient (Wildman–Crippen LogP) is 0.959. The summed E-state index contributed by atoms with van der Waals surface area (Å²) in [4.78, 5) is 12.1. The van der Waals surface area contributed by atoms with Crippen molar-refractivity contribution >= 4 is 15.9 Å². The van der Waals surface area contributed by atoms with Gasteiger partial charge in [-0.1, -0.05) is 0 Å². The molecule has 10 heteroatoms. The molecule has 27 heavy (non-hydrogen) atoms. The second-order valence-electron chi connectivity index (χ2n) is 6.17. The van der Waals surface area contributed by atoms with Crippen molar-refractivity contribution in [1.82, 2.24) is 9.62 Å². The minimum absolute atomic E-state index is 0.0379. The zero-order chi connectivity index (χ0) is 20.1. The van der Waals surface area contributed by atoms with Gasteiger partial charge >= 0.3 is 0 Å². The number of nitrogens with one attached hydrogen (secondary N) is 1. The van der Waals surface area contributed by atoms with Crippen LogP contribution in [0.25, 0.3) is 0 Å². The number of benzene rings is 1. The molecule has 1 aromatic rings. The monoisotopic (exact) mass is 404 g/mol. The third-order valence-electron chi connectivity index (χ3n) is 4.40. The molecule has 1 fully saturated rings. The number of carbonyl (C=O) groups excluding carboxylic acids is 1. The normalized spacial score (nSPS) is 20.9. The van der Waals surface area contributed by atoms with Crippen LogP contribution in [0.3, 0.4) is 0 Å². The highest BCUT2D eigenvalue weighted by molar-refractivity contribution is 7.89. The number of halogens is 1. The van der Waals surface area contributed by atoms with E-state index < -0.39 is 28.1 Å². The smallest absolute Gasteiger partial charge is 0.259 e. The van der Waals surface area contributed by atoms with Gasteiger partial charge in [-0.05, 0) is 25.0 Å². The van der Waals surface area contributed by atoms with Crippen LogP contribution in [0.5, 0.6) is 11.5 Å². The van der Waals surface area contributed by atoms with Gasteiger partial charge in [0, 0.05) is 26.3 Å². The largest absolute Gasteiger partial charge is 0.493 e. The van der Waals surface area contributed by atoms with Gasteiger partial charge in [0.15, 0.2) is 11.5 Å². The predicted molar refractivity (Wildman–Crippen MR) is 96.3 cm³/mol. The molecule has 2 rings (SSSR count). The summed E-state index contributed by atoms with van der Waals surface area (Å²) >= 11 is 0. The van der Waals surface area contributed by atoms with Crippen LogP contribution in [0.4, 0.5) is 4.39 Å². The number of sulfonamides is 1. The summed E-state index contributed by atoms with van der Waals surface area (Å²) in [6.07, 6.45) is 0.199. The molecule has 8 nitrogen and oxygen atoms in total. The number of carbonyl (C=O) groups is 1. The van der Waals surface area contributed by atoms with E-state index in [1.165, 1.54) is 39.5 Å². The molecule has 1 aliphatic heterocycles. The van der Waals surface area contributed by atoms with E-state index in [0.717, 1.165) is 4.31 Å². The van der Waals surface area contributed by atoms with Crippen LogP contribution in [0.2, 0.25) is 0 Å². The lowest BCUT2D eigenvalue weighted by atomic mass is 9.95. The Morgan fingerprint density at radius 3 is 2.59 bits per heavy atom. The fourth-order valence-corrected chi connectivity index (χ4v) is 4.45. The van der Waals surface area contributed by atoms with E-state index in [4.69, 9.17) is 14.2 Å². The topological polar surface area (TPSA) is 94.2 Å². The number of nitrogens with zero attached hydrogens (tertiary/aromatic N) is 1. The molecule has 1 unspecified atom stereocenters. The van der Waals surface area contributed by atoms with Gasteiger partial charge in [0.25, 0.3) is 5.91 Å². The highest BCUT2D eigenvalue weighted by Crippen LogP contribution is 2.33. The molecule has 1 aromatic carbocycles.